The Bertz CT molecular complexity index is 950. The Hall–Kier alpha value is -1.76. The standard InChI is InChI=1S/C21H26Cl2N2O3S/c1-14(2)12-19(16-8-6-5-7-9-16)24-21(26)15(3)25(29(4,27)28)20-13-17(22)10-11-18(20)23/h5-11,13-15,19H,12H2,1-4H3,(H,24,26)/t15-,19+/m1/s1. The molecule has 0 saturated heterocycles. The molecule has 0 radical (unpaired) electrons. The maximum atomic E-state index is 13.1. The molecule has 2 aromatic carbocycles. The molecule has 1 amide bonds. The summed E-state index contributed by atoms with van der Waals surface area (Å²) in [4.78, 5) is 13.1. The van der Waals surface area contributed by atoms with Crippen molar-refractivity contribution in [3.05, 3.63) is 64.1 Å². The van der Waals surface area contributed by atoms with Crippen LogP contribution in [0.25, 0.3) is 0 Å². The molecule has 5 nitrogen and oxygen atoms in total. The SMILES string of the molecule is CC(C)C[C@H](NC(=O)[C@@H](C)N(c1cc(Cl)ccc1Cl)S(C)(=O)=O)c1ccccc1. The number of nitrogens with zero attached hydrogens (tertiary/aromatic N) is 1. The Morgan fingerprint density at radius 1 is 1.07 bits per heavy atom. The maximum absolute atomic E-state index is 13.1. The van der Waals surface area contributed by atoms with E-state index in [0.29, 0.717) is 10.9 Å². The van der Waals surface area contributed by atoms with Crippen molar-refractivity contribution in [1.82, 2.24) is 5.32 Å². The number of carbonyl (C=O) groups excluding carboxylic acids is 1. The van der Waals surface area contributed by atoms with Crippen LogP contribution in [0.15, 0.2) is 48.5 Å². The van der Waals surface area contributed by atoms with Gasteiger partial charge in [0.15, 0.2) is 0 Å². The Kier molecular flexibility index (Phi) is 7.97. The maximum Gasteiger partial charge on any atom is 0.244 e. The van der Waals surface area contributed by atoms with Gasteiger partial charge in [0.1, 0.15) is 6.04 Å². The first-order chi connectivity index (χ1) is 13.5. The Morgan fingerprint density at radius 3 is 2.24 bits per heavy atom. The van der Waals surface area contributed by atoms with Crippen LogP contribution in [0.2, 0.25) is 10.0 Å². The predicted molar refractivity (Wildman–Crippen MR) is 120 cm³/mol. The molecule has 0 aliphatic rings. The fourth-order valence-corrected chi connectivity index (χ4v) is 4.77. The first-order valence-electron chi connectivity index (χ1n) is 9.30. The van der Waals surface area contributed by atoms with Gasteiger partial charge in [0.25, 0.3) is 0 Å². The number of benzene rings is 2. The van der Waals surface area contributed by atoms with Crippen LogP contribution in [-0.4, -0.2) is 26.6 Å². The van der Waals surface area contributed by atoms with E-state index in [2.05, 4.69) is 19.2 Å². The van der Waals surface area contributed by atoms with E-state index in [9.17, 15) is 13.2 Å². The van der Waals surface area contributed by atoms with E-state index in [1.165, 1.54) is 19.1 Å². The predicted octanol–water partition coefficient (Wildman–Crippen LogP) is 5.05. The summed E-state index contributed by atoms with van der Waals surface area (Å²) in [5.41, 5.74) is 1.14. The molecule has 1 N–H and O–H groups in total. The lowest BCUT2D eigenvalue weighted by molar-refractivity contribution is -0.122. The van der Waals surface area contributed by atoms with Crippen LogP contribution >= 0.6 is 23.2 Å². The van der Waals surface area contributed by atoms with Gasteiger partial charge in [-0.1, -0.05) is 67.4 Å². The molecule has 0 saturated carbocycles. The first-order valence-corrected chi connectivity index (χ1v) is 11.9. The highest BCUT2D eigenvalue weighted by Gasteiger charge is 2.32. The average molecular weight is 457 g/mol. The van der Waals surface area contributed by atoms with Gasteiger partial charge < -0.3 is 5.32 Å². The lowest BCUT2D eigenvalue weighted by Gasteiger charge is -2.31. The molecule has 29 heavy (non-hydrogen) atoms. The Labute approximate surface area is 183 Å². The Morgan fingerprint density at radius 2 is 1.69 bits per heavy atom. The van der Waals surface area contributed by atoms with Crippen molar-refractivity contribution in [3.63, 3.8) is 0 Å². The second-order valence-corrected chi connectivity index (χ2v) is 10.1. The minimum Gasteiger partial charge on any atom is -0.347 e. The van der Waals surface area contributed by atoms with Gasteiger partial charge in [0.05, 0.1) is 23.0 Å². The van der Waals surface area contributed by atoms with Gasteiger partial charge in [-0.3, -0.25) is 9.10 Å². The zero-order chi connectivity index (χ0) is 21.8. The molecule has 0 fully saturated rings. The monoisotopic (exact) mass is 456 g/mol. The van der Waals surface area contributed by atoms with Crippen LogP contribution in [-0.2, 0) is 14.8 Å². The molecule has 2 atom stereocenters. The Balaban J connectivity index is 2.36. The molecule has 0 heterocycles. The van der Waals surface area contributed by atoms with Crippen molar-refractivity contribution in [2.24, 2.45) is 5.92 Å². The van der Waals surface area contributed by atoms with Crippen LogP contribution in [0.3, 0.4) is 0 Å². The van der Waals surface area contributed by atoms with Crippen molar-refractivity contribution in [2.75, 3.05) is 10.6 Å². The second kappa shape index (κ2) is 9.83. The summed E-state index contributed by atoms with van der Waals surface area (Å²) in [6.07, 6.45) is 1.76. The van der Waals surface area contributed by atoms with Crippen LogP contribution in [0.5, 0.6) is 0 Å². The summed E-state index contributed by atoms with van der Waals surface area (Å²) < 4.78 is 26.0. The van der Waals surface area contributed by atoms with Gasteiger partial charge in [0.2, 0.25) is 15.9 Å². The van der Waals surface area contributed by atoms with E-state index in [4.69, 9.17) is 23.2 Å². The third kappa shape index (κ3) is 6.36. The third-order valence-electron chi connectivity index (χ3n) is 4.46. The summed E-state index contributed by atoms with van der Waals surface area (Å²) in [6.45, 7) is 5.67. The minimum absolute atomic E-state index is 0.171. The molecule has 8 heteroatoms. The lowest BCUT2D eigenvalue weighted by atomic mass is 9.96. The van der Waals surface area contributed by atoms with Crippen molar-refractivity contribution >= 4 is 44.8 Å². The van der Waals surface area contributed by atoms with Gasteiger partial charge in [-0.25, -0.2) is 8.42 Å². The lowest BCUT2D eigenvalue weighted by Crippen LogP contribution is -2.48. The first kappa shape index (κ1) is 23.5. The van der Waals surface area contributed by atoms with Gasteiger partial charge in [-0.2, -0.15) is 0 Å². The minimum atomic E-state index is -3.80. The van der Waals surface area contributed by atoms with Gasteiger partial charge in [0, 0.05) is 5.02 Å². The smallest absolute Gasteiger partial charge is 0.244 e. The summed E-state index contributed by atoms with van der Waals surface area (Å²) in [7, 11) is -3.80. The number of hydrogen-bond acceptors (Lipinski definition) is 3. The summed E-state index contributed by atoms with van der Waals surface area (Å²) >= 11 is 12.3. The molecule has 0 unspecified atom stereocenters. The van der Waals surface area contributed by atoms with Crippen molar-refractivity contribution < 1.29 is 13.2 Å². The molecule has 0 spiro atoms. The molecule has 158 valence electrons. The normalized spacial score (nSPS) is 13.8. The number of rotatable bonds is 8. The number of halogens is 2. The quantitative estimate of drug-likeness (QED) is 0.603. The number of carbonyl (C=O) groups is 1. The number of nitrogens with one attached hydrogen (secondary N) is 1. The molecule has 0 aliphatic carbocycles. The van der Waals surface area contributed by atoms with Crippen molar-refractivity contribution in [3.8, 4) is 0 Å². The molecule has 2 rings (SSSR count). The fraction of sp³-hybridized carbons (Fsp3) is 0.381. The highest BCUT2D eigenvalue weighted by Crippen LogP contribution is 2.32. The molecule has 0 aromatic heterocycles. The summed E-state index contributed by atoms with van der Waals surface area (Å²) in [5.74, 6) is -0.0785. The molecular formula is C21H26Cl2N2O3S. The molecule has 0 bridgehead atoms. The van der Waals surface area contributed by atoms with E-state index >= 15 is 0 Å². The van der Waals surface area contributed by atoms with Gasteiger partial charge in [-0.05, 0) is 43.0 Å². The highest BCUT2D eigenvalue weighted by molar-refractivity contribution is 7.92. The fourth-order valence-electron chi connectivity index (χ4n) is 3.16. The molecular weight excluding hydrogens is 431 g/mol. The van der Waals surface area contributed by atoms with E-state index < -0.39 is 22.0 Å². The van der Waals surface area contributed by atoms with Crippen molar-refractivity contribution in [1.29, 1.82) is 0 Å². The number of hydrogen-bond donors (Lipinski definition) is 1. The number of sulfonamides is 1. The summed E-state index contributed by atoms with van der Waals surface area (Å²) in [5, 5.41) is 3.52. The van der Waals surface area contributed by atoms with Crippen LogP contribution in [0.1, 0.15) is 38.8 Å². The van der Waals surface area contributed by atoms with Crippen LogP contribution < -0.4 is 9.62 Å². The third-order valence-corrected chi connectivity index (χ3v) is 6.24. The topological polar surface area (TPSA) is 66.5 Å². The molecule has 0 aliphatic heterocycles. The van der Waals surface area contributed by atoms with Crippen molar-refractivity contribution in [2.45, 2.75) is 39.3 Å². The number of anilines is 1. The van der Waals surface area contributed by atoms with Crippen LogP contribution in [0.4, 0.5) is 5.69 Å². The van der Waals surface area contributed by atoms with Gasteiger partial charge in [-0.15, -0.1) is 0 Å². The summed E-state index contributed by atoms with van der Waals surface area (Å²) in [6, 6.07) is 12.9. The van der Waals surface area contributed by atoms with Gasteiger partial charge >= 0.3 is 0 Å². The van der Waals surface area contributed by atoms with E-state index in [1.807, 2.05) is 30.3 Å². The van der Waals surface area contributed by atoms with E-state index in [1.54, 1.807) is 6.07 Å². The van der Waals surface area contributed by atoms with E-state index in [0.717, 1.165) is 22.5 Å². The zero-order valence-electron chi connectivity index (χ0n) is 16.9. The average Bonchev–Trinajstić information content (AvgIpc) is 2.63. The second-order valence-electron chi connectivity index (χ2n) is 7.43. The van der Waals surface area contributed by atoms with E-state index in [-0.39, 0.29) is 16.8 Å². The molecule has 2 aromatic rings. The largest absolute Gasteiger partial charge is 0.347 e. The zero-order valence-corrected chi connectivity index (χ0v) is 19.2. The number of amides is 1. The highest BCUT2D eigenvalue weighted by atomic mass is 35.5. The van der Waals surface area contributed by atoms with Crippen LogP contribution in [0, 0.1) is 5.92 Å².